The van der Waals surface area contributed by atoms with Gasteiger partial charge in [-0.05, 0) is 29.4 Å². The van der Waals surface area contributed by atoms with Crippen LogP contribution in [0.5, 0.6) is 5.75 Å². The largest absolute Gasteiger partial charge is 0.497 e. The summed E-state index contributed by atoms with van der Waals surface area (Å²) in [7, 11) is 1.54. The molecule has 0 aliphatic carbocycles. The maximum atomic E-state index is 12.7. The van der Waals surface area contributed by atoms with Crippen LogP contribution in [0, 0.1) is 0 Å². The fourth-order valence-corrected chi connectivity index (χ4v) is 2.30. The van der Waals surface area contributed by atoms with E-state index in [4.69, 9.17) is 9.15 Å². The number of fused-ring (bicyclic) bond motifs is 1. The summed E-state index contributed by atoms with van der Waals surface area (Å²) in [6, 6.07) is 15.7. The molecule has 0 aliphatic rings. The number of anilines is 1. The maximum absolute atomic E-state index is 12.7. The lowest BCUT2D eigenvalue weighted by Gasteiger charge is -2.08. The van der Waals surface area contributed by atoms with Crippen molar-refractivity contribution in [3.63, 3.8) is 0 Å². The molecule has 0 atom stereocenters. The number of nitrogens with zero attached hydrogens (tertiary/aromatic N) is 1. The summed E-state index contributed by atoms with van der Waals surface area (Å²) < 4.78 is 10.8. The van der Waals surface area contributed by atoms with Gasteiger partial charge in [-0.1, -0.05) is 24.3 Å². The van der Waals surface area contributed by atoms with Crippen molar-refractivity contribution < 1.29 is 23.6 Å². The second-order valence-corrected chi connectivity index (χ2v) is 5.36. The van der Waals surface area contributed by atoms with Crippen molar-refractivity contribution in [2.75, 3.05) is 12.4 Å². The predicted octanol–water partition coefficient (Wildman–Crippen LogP) is 3.07. The maximum Gasteiger partial charge on any atom is 0.332 e. The van der Waals surface area contributed by atoms with E-state index in [1.807, 2.05) is 6.07 Å². The van der Waals surface area contributed by atoms with E-state index in [2.05, 4.69) is 15.3 Å². The SMILES string of the molecule is COc1cccc(NC(=O)c2cc3ccccc3o/c2=N\OC(C)=O)c1. The molecule has 1 heterocycles. The van der Waals surface area contributed by atoms with Gasteiger partial charge in [-0.25, -0.2) is 4.79 Å². The summed E-state index contributed by atoms with van der Waals surface area (Å²) in [5.41, 5.74) is 1.09. The van der Waals surface area contributed by atoms with Crippen LogP contribution in [0.3, 0.4) is 0 Å². The van der Waals surface area contributed by atoms with Gasteiger partial charge in [0.1, 0.15) is 16.9 Å². The van der Waals surface area contributed by atoms with E-state index in [1.165, 1.54) is 6.92 Å². The van der Waals surface area contributed by atoms with Gasteiger partial charge < -0.3 is 19.3 Å². The quantitative estimate of drug-likeness (QED) is 0.576. The number of carbonyl (C=O) groups excluding carboxylic acids is 2. The number of ether oxygens (including phenoxy) is 1. The van der Waals surface area contributed by atoms with Crippen LogP contribution in [0.1, 0.15) is 17.3 Å². The Kier molecular flexibility index (Phi) is 4.98. The van der Waals surface area contributed by atoms with E-state index in [0.29, 0.717) is 22.4 Å². The molecule has 0 radical (unpaired) electrons. The van der Waals surface area contributed by atoms with Gasteiger partial charge in [0.25, 0.3) is 11.5 Å². The molecule has 0 aliphatic heterocycles. The van der Waals surface area contributed by atoms with E-state index >= 15 is 0 Å². The standard InChI is InChI=1S/C19H16N2O5/c1-12(22)26-21-19-16(10-13-6-3-4-9-17(13)25-19)18(23)20-14-7-5-8-15(11-14)24-2/h3-11H,1-2H3,(H,20,23)/b21-19-. The van der Waals surface area contributed by atoms with Crippen LogP contribution in [-0.4, -0.2) is 19.0 Å². The minimum Gasteiger partial charge on any atom is -0.497 e. The van der Waals surface area contributed by atoms with Crippen LogP contribution in [0.4, 0.5) is 5.69 Å². The smallest absolute Gasteiger partial charge is 0.332 e. The average molecular weight is 352 g/mol. The number of methoxy groups -OCH3 is 1. The Morgan fingerprint density at radius 1 is 1.08 bits per heavy atom. The third kappa shape index (κ3) is 3.89. The van der Waals surface area contributed by atoms with Crippen LogP contribution in [-0.2, 0) is 9.63 Å². The molecule has 1 amide bonds. The average Bonchev–Trinajstić information content (AvgIpc) is 2.65. The van der Waals surface area contributed by atoms with E-state index < -0.39 is 11.9 Å². The van der Waals surface area contributed by atoms with Crippen molar-refractivity contribution in [1.29, 1.82) is 0 Å². The summed E-state index contributed by atoms with van der Waals surface area (Å²) in [6.45, 7) is 1.21. The van der Waals surface area contributed by atoms with Gasteiger partial charge >= 0.3 is 5.97 Å². The Hall–Kier alpha value is -3.61. The van der Waals surface area contributed by atoms with Crippen molar-refractivity contribution in [3.05, 3.63) is 65.7 Å². The first-order valence-corrected chi connectivity index (χ1v) is 7.77. The molecule has 7 heteroatoms. The normalized spacial score (nSPS) is 11.2. The molecule has 1 aromatic heterocycles. The van der Waals surface area contributed by atoms with Crippen molar-refractivity contribution in [3.8, 4) is 5.75 Å². The zero-order valence-corrected chi connectivity index (χ0v) is 14.2. The van der Waals surface area contributed by atoms with Crippen molar-refractivity contribution >= 4 is 28.5 Å². The molecule has 0 bridgehead atoms. The first-order chi connectivity index (χ1) is 12.6. The number of hydrogen-bond donors (Lipinski definition) is 1. The van der Waals surface area contributed by atoms with Crippen molar-refractivity contribution in [2.24, 2.45) is 5.16 Å². The highest BCUT2D eigenvalue weighted by molar-refractivity contribution is 6.05. The summed E-state index contributed by atoms with van der Waals surface area (Å²) in [5.74, 6) is -0.470. The Morgan fingerprint density at radius 2 is 1.88 bits per heavy atom. The lowest BCUT2D eigenvalue weighted by atomic mass is 10.1. The zero-order chi connectivity index (χ0) is 18.5. The van der Waals surface area contributed by atoms with E-state index in [9.17, 15) is 9.59 Å². The first-order valence-electron chi connectivity index (χ1n) is 7.77. The van der Waals surface area contributed by atoms with Gasteiger partial charge in [-0.2, -0.15) is 0 Å². The molecule has 0 fully saturated rings. The topological polar surface area (TPSA) is 90.1 Å². The van der Waals surface area contributed by atoms with Crippen LogP contribution < -0.4 is 15.6 Å². The highest BCUT2D eigenvalue weighted by atomic mass is 16.7. The number of nitrogens with one attached hydrogen (secondary N) is 1. The summed E-state index contributed by atoms with van der Waals surface area (Å²) in [5, 5.41) is 7.11. The van der Waals surface area contributed by atoms with Crippen LogP contribution >= 0.6 is 0 Å². The van der Waals surface area contributed by atoms with Gasteiger partial charge in [0, 0.05) is 24.1 Å². The van der Waals surface area contributed by atoms with E-state index in [0.717, 1.165) is 0 Å². The number of amides is 1. The van der Waals surface area contributed by atoms with Gasteiger partial charge in [-0.3, -0.25) is 4.79 Å². The molecule has 3 aromatic rings. The Bertz CT molecular complexity index is 1040. The number of carbonyl (C=O) groups is 2. The molecular formula is C19H16N2O5. The fraction of sp³-hybridized carbons (Fsp3) is 0.105. The molecule has 0 saturated carbocycles. The minimum absolute atomic E-state index is 0.0979. The minimum atomic E-state index is -0.618. The summed E-state index contributed by atoms with van der Waals surface area (Å²) >= 11 is 0. The lowest BCUT2D eigenvalue weighted by molar-refractivity contribution is -0.141. The number of rotatable bonds is 4. The molecule has 0 saturated heterocycles. The van der Waals surface area contributed by atoms with E-state index in [-0.39, 0.29) is 11.1 Å². The van der Waals surface area contributed by atoms with Crippen molar-refractivity contribution in [2.45, 2.75) is 6.92 Å². The number of hydrogen-bond acceptors (Lipinski definition) is 6. The lowest BCUT2D eigenvalue weighted by Crippen LogP contribution is -2.22. The van der Waals surface area contributed by atoms with Crippen LogP contribution in [0.25, 0.3) is 11.0 Å². The van der Waals surface area contributed by atoms with Gasteiger partial charge in [-0.15, -0.1) is 0 Å². The first kappa shape index (κ1) is 17.2. The molecule has 3 rings (SSSR count). The van der Waals surface area contributed by atoms with Crippen LogP contribution in [0.2, 0.25) is 0 Å². The molecule has 1 N–H and O–H groups in total. The molecular weight excluding hydrogens is 336 g/mol. The Balaban J connectivity index is 2.03. The molecule has 7 nitrogen and oxygen atoms in total. The zero-order valence-electron chi connectivity index (χ0n) is 14.2. The van der Waals surface area contributed by atoms with Crippen LogP contribution in [0.15, 0.2) is 64.2 Å². The predicted molar refractivity (Wildman–Crippen MR) is 94.5 cm³/mol. The fourth-order valence-electron chi connectivity index (χ4n) is 2.30. The monoisotopic (exact) mass is 352 g/mol. The third-order valence-corrected chi connectivity index (χ3v) is 3.49. The Morgan fingerprint density at radius 3 is 2.65 bits per heavy atom. The molecule has 0 spiro atoms. The van der Waals surface area contributed by atoms with Gasteiger partial charge in [0.15, 0.2) is 0 Å². The molecule has 2 aromatic carbocycles. The van der Waals surface area contributed by atoms with Crippen molar-refractivity contribution in [1.82, 2.24) is 0 Å². The molecule has 26 heavy (non-hydrogen) atoms. The second kappa shape index (κ2) is 7.52. The summed E-state index contributed by atoms with van der Waals surface area (Å²) in [6.07, 6.45) is 0. The second-order valence-electron chi connectivity index (χ2n) is 5.36. The van der Waals surface area contributed by atoms with E-state index in [1.54, 1.807) is 55.6 Å². The van der Waals surface area contributed by atoms with Gasteiger partial charge in [0.2, 0.25) is 0 Å². The molecule has 132 valence electrons. The molecule has 0 unspecified atom stereocenters. The summed E-state index contributed by atoms with van der Waals surface area (Å²) in [4.78, 5) is 28.4. The highest BCUT2D eigenvalue weighted by Gasteiger charge is 2.14. The number of para-hydroxylation sites is 1. The third-order valence-electron chi connectivity index (χ3n) is 3.49. The highest BCUT2D eigenvalue weighted by Crippen LogP contribution is 2.18. The van der Waals surface area contributed by atoms with Gasteiger partial charge in [0.05, 0.1) is 7.11 Å². The number of benzene rings is 2. The Labute approximate surface area is 148 Å².